The first-order valence-electron chi connectivity index (χ1n) is 9.87. The fraction of sp³-hybridized carbons (Fsp3) is 0.350. The van der Waals surface area contributed by atoms with E-state index in [1.165, 1.54) is 17.3 Å². The van der Waals surface area contributed by atoms with Gasteiger partial charge in [-0.15, -0.1) is 0 Å². The zero-order chi connectivity index (χ0) is 23.9. The van der Waals surface area contributed by atoms with Crippen LogP contribution in [0.25, 0.3) is 11.3 Å². The van der Waals surface area contributed by atoms with Crippen LogP contribution >= 0.6 is 0 Å². The van der Waals surface area contributed by atoms with Crippen molar-refractivity contribution in [3.63, 3.8) is 0 Å². The van der Waals surface area contributed by atoms with Gasteiger partial charge in [-0.25, -0.2) is 18.2 Å². The molecule has 0 spiro atoms. The molecule has 1 aliphatic heterocycles. The Kier molecular flexibility index (Phi) is 5.91. The van der Waals surface area contributed by atoms with E-state index in [2.05, 4.69) is 15.2 Å². The number of nitrogens with zero attached hydrogens (tertiary/aromatic N) is 4. The monoisotopic (exact) mass is 472 g/mol. The van der Waals surface area contributed by atoms with Gasteiger partial charge in [0.25, 0.3) is 0 Å². The van der Waals surface area contributed by atoms with Gasteiger partial charge in [0.15, 0.2) is 11.6 Å². The molecule has 2 aromatic heterocycles. The molecule has 3 aromatic rings. The molecular formula is C20H18F6N6O. The van der Waals surface area contributed by atoms with Crippen molar-refractivity contribution in [3.05, 3.63) is 59.1 Å². The summed E-state index contributed by atoms with van der Waals surface area (Å²) in [6.07, 6.45) is -2.44. The minimum atomic E-state index is -4.68. The van der Waals surface area contributed by atoms with E-state index in [1.807, 2.05) is 0 Å². The van der Waals surface area contributed by atoms with Gasteiger partial charge in [-0.05, 0) is 18.1 Å². The number of alkyl halides is 3. The summed E-state index contributed by atoms with van der Waals surface area (Å²) in [7, 11) is 0. The Morgan fingerprint density at radius 1 is 1.15 bits per heavy atom. The number of imidazole rings is 1. The number of benzene rings is 1. The summed E-state index contributed by atoms with van der Waals surface area (Å²) < 4.78 is 81.8. The number of hydrogen-bond acceptors (Lipinski definition) is 4. The molecule has 7 nitrogen and oxygen atoms in total. The molecule has 0 aliphatic carbocycles. The Bertz CT molecular complexity index is 1170. The number of carbonyl (C=O) groups excluding carboxylic acids is 1. The third-order valence-corrected chi connectivity index (χ3v) is 5.39. The Balaban J connectivity index is 1.51. The van der Waals surface area contributed by atoms with E-state index in [9.17, 15) is 31.1 Å². The van der Waals surface area contributed by atoms with Crippen molar-refractivity contribution < 1.29 is 31.1 Å². The first-order chi connectivity index (χ1) is 15.5. The van der Waals surface area contributed by atoms with Crippen molar-refractivity contribution in [2.24, 2.45) is 5.73 Å². The van der Waals surface area contributed by atoms with Gasteiger partial charge in [-0.3, -0.25) is 9.89 Å². The van der Waals surface area contributed by atoms with Crippen LogP contribution < -0.4 is 5.73 Å². The molecule has 4 rings (SSSR count). The maximum absolute atomic E-state index is 13.9. The molecule has 33 heavy (non-hydrogen) atoms. The number of H-pyrrole nitrogens is 1. The number of aromatic amines is 1. The zero-order valence-electron chi connectivity index (χ0n) is 17.0. The first-order valence-corrected chi connectivity index (χ1v) is 9.87. The summed E-state index contributed by atoms with van der Waals surface area (Å²) in [6.45, 7) is -0.287. The summed E-state index contributed by atoms with van der Waals surface area (Å²) in [5.74, 6) is -5.09. The molecule has 13 heteroatoms. The van der Waals surface area contributed by atoms with Gasteiger partial charge < -0.3 is 15.2 Å². The Morgan fingerprint density at radius 3 is 2.55 bits per heavy atom. The lowest BCUT2D eigenvalue weighted by Gasteiger charge is -2.30. The highest BCUT2D eigenvalue weighted by Gasteiger charge is 2.41. The standard InChI is InChI=1S/C20H18F6N6O/c21-13-6-15(23)14(22)4-10(13)3-12(27)5-17(33)31-1-2-32-16(9-31)18(11-7-28-29-8-11)30-19(32)20(24,25)26/h4,6-8,12H,1-3,5,9,27H2,(H,28,29). The van der Waals surface area contributed by atoms with Crippen LogP contribution in [-0.4, -0.2) is 43.1 Å². The summed E-state index contributed by atoms with van der Waals surface area (Å²) in [5, 5.41) is 6.26. The summed E-state index contributed by atoms with van der Waals surface area (Å²) in [5.41, 5.74) is 6.34. The van der Waals surface area contributed by atoms with Gasteiger partial charge in [0.1, 0.15) is 5.82 Å². The second-order valence-electron chi connectivity index (χ2n) is 7.71. The van der Waals surface area contributed by atoms with Crippen LogP contribution in [0.4, 0.5) is 26.3 Å². The molecule has 0 saturated carbocycles. The summed E-state index contributed by atoms with van der Waals surface area (Å²) in [4.78, 5) is 17.8. The second kappa shape index (κ2) is 8.54. The molecule has 0 radical (unpaired) electrons. The van der Waals surface area contributed by atoms with Gasteiger partial charge in [-0.1, -0.05) is 0 Å². The average Bonchev–Trinajstić information content (AvgIpc) is 3.38. The topological polar surface area (TPSA) is 92.8 Å². The predicted molar refractivity (Wildman–Crippen MR) is 103 cm³/mol. The molecule has 3 heterocycles. The van der Waals surface area contributed by atoms with E-state index in [-0.39, 0.29) is 49.4 Å². The smallest absolute Gasteiger partial charge is 0.335 e. The van der Waals surface area contributed by atoms with Crippen molar-refractivity contribution >= 4 is 5.91 Å². The van der Waals surface area contributed by atoms with Gasteiger partial charge in [0.2, 0.25) is 11.7 Å². The molecule has 176 valence electrons. The number of hydrogen-bond donors (Lipinski definition) is 2. The van der Waals surface area contributed by atoms with E-state index in [1.54, 1.807) is 0 Å². The normalized spacial score (nSPS) is 14.9. The van der Waals surface area contributed by atoms with Crippen LogP contribution in [0.5, 0.6) is 0 Å². The first kappa shape index (κ1) is 22.8. The Labute approximate surface area is 183 Å². The number of amides is 1. The summed E-state index contributed by atoms with van der Waals surface area (Å²) in [6, 6.07) is 0.174. The molecule has 1 aromatic carbocycles. The molecule has 1 aliphatic rings. The van der Waals surface area contributed by atoms with Crippen LogP contribution in [-0.2, 0) is 30.5 Å². The maximum atomic E-state index is 13.9. The third-order valence-electron chi connectivity index (χ3n) is 5.39. The van der Waals surface area contributed by atoms with E-state index >= 15 is 0 Å². The van der Waals surface area contributed by atoms with Crippen LogP contribution in [0.3, 0.4) is 0 Å². The molecule has 1 amide bonds. The fourth-order valence-corrected chi connectivity index (χ4v) is 3.84. The zero-order valence-corrected chi connectivity index (χ0v) is 17.0. The molecule has 1 atom stereocenters. The van der Waals surface area contributed by atoms with Crippen molar-refractivity contribution in [1.82, 2.24) is 24.6 Å². The highest BCUT2D eigenvalue weighted by Crippen LogP contribution is 2.35. The highest BCUT2D eigenvalue weighted by atomic mass is 19.4. The maximum Gasteiger partial charge on any atom is 0.449 e. The van der Waals surface area contributed by atoms with E-state index in [0.29, 0.717) is 17.7 Å². The van der Waals surface area contributed by atoms with Gasteiger partial charge in [0.05, 0.1) is 24.1 Å². The average molecular weight is 472 g/mol. The minimum Gasteiger partial charge on any atom is -0.335 e. The number of nitrogens with one attached hydrogen (secondary N) is 1. The van der Waals surface area contributed by atoms with Crippen molar-refractivity contribution in [2.75, 3.05) is 6.54 Å². The lowest BCUT2D eigenvalue weighted by Crippen LogP contribution is -2.42. The molecule has 0 fully saturated rings. The molecular weight excluding hydrogens is 454 g/mol. The predicted octanol–water partition coefficient (Wildman–Crippen LogP) is 3.01. The van der Waals surface area contributed by atoms with Crippen LogP contribution in [0.15, 0.2) is 24.5 Å². The van der Waals surface area contributed by atoms with Crippen LogP contribution in [0, 0.1) is 17.5 Å². The van der Waals surface area contributed by atoms with Gasteiger partial charge >= 0.3 is 6.18 Å². The number of fused-ring (bicyclic) bond motifs is 1. The number of halogens is 6. The second-order valence-corrected chi connectivity index (χ2v) is 7.71. The molecule has 0 bridgehead atoms. The quantitative estimate of drug-likeness (QED) is 0.441. The number of carbonyl (C=O) groups is 1. The molecule has 0 saturated heterocycles. The minimum absolute atomic E-state index is 0.0115. The highest BCUT2D eigenvalue weighted by molar-refractivity contribution is 5.77. The lowest BCUT2D eigenvalue weighted by atomic mass is 10.0. The third kappa shape index (κ3) is 4.58. The molecule has 3 N–H and O–H groups in total. The van der Waals surface area contributed by atoms with E-state index in [0.717, 1.165) is 4.57 Å². The number of nitrogens with two attached hydrogens (primary N) is 1. The van der Waals surface area contributed by atoms with E-state index in [4.69, 9.17) is 5.73 Å². The van der Waals surface area contributed by atoms with Gasteiger partial charge in [-0.2, -0.15) is 18.3 Å². The van der Waals surface area contributed by atoms with Gasteiger partial charge in [0, 0.05) is 43.4 Å². The Hall–Kier alpha value is -3.35. The fourth-order valence-electron chi connectivity index (χ4n) is 3.84. The van der Waals surface area contributed by atoms with Crippen molar-refractivity contribution in [2.45, 2.75) is 38.1 Å². The largest absolute Gasteiger partial charge is 0.449 e. The molecule has 1 unspecified atom stereocenters. The van der Waals surface area contributed by atoms with E-state index < -0.39 is 41.4 Å². The lowest BCUT2D eigenvalue weighted by molar-refractivity contribution is -0.148. The summed E-state index contributed by atoms with van der Waals surface area (Å²) >= 11 is 0. The SMILES string of the molecule is NC(CC(=O)N1CCn2c(C(F)(F)F)nc(-c3cn[nH]c3)c2C1)Cc1cc(F)c(F)cc1F. The van der Waals surface area contributed by atoms with Crippen molar-refractivity contribution in [1.29, 1.82) is 0 Å². The van der Waals surface area contributed by atoms with Crippen LogP contribution in [0.1, 0.15) is 23.5 Å². The van der Waals surface area contributed by atoms with Crippen LogP contribution in [0.2, 0.25) is 0 Å². The van der Waals surface area contributed by atoms with Crippen molar-refractivity contribution in [3.8, 4) is 11.3 Å². The number of aromatic nitrogens is 4. The Morgan fingerprint density at radius 2 is 1.88 bits per heavy atom. The number of rotatable bonds is 5.